The Kier molecular flexibility index (Phi) is 5.06. The molecule has 1 heterocycles. The van der Waals surface area contributed by atoms with Crippen LogP contribution in [0.15, 0.2) is 18.2 Å². The van der Waals surface area contributed by atoms with Crippen LogP contribution in [0.2, 0.25) is 0 Å². The van der Waals surface area contributed by atoms with Gasteiger partial charge in [0.15, 0.2) is 0 Å². The Balaban J connectivity index is 2.24. The molecule has 0 bridgehead atoms. The lowest BCUT2D eigenvalue weighted by molar-refractivity contribution is 0.0190. The standard InChI is InChI=1S/C17H27NO2/c1-4-10-18-11-5-8-17(19,9-12-18)15-13-14(2)6-7-16(15)20-3/h6-7,13,19H,4-5,8-12H2,1-3H3. The fourth-order valence-electron chi connectivity index (χ4n) is 3.17. The highest BCUT2D eigenvalue weighted by molar-refractivity contribution is 5.41. The molecule has 2 rings (SSSR count). The Labute approximate surface area is 122 Å². The molecule has 0 spiro atoms. The van der Waals surface area contributed by atoms with Gasteiger partial charge in [0, 0.05) is 12.1 Å². The maximum absolute atomic E-state index is 11.1. The van der Waals surface area contributed by atoms with Crippen LogP contribution in [0.5, 0.6) is 5.75 Å². The molecule has 0 radical (unpaired) electrons. The molecule has 0 aromatic heterocycles. The predicted molar refractivity (Wildman–Crippen MR) is 82.2 cm³/mol. The number of nitrogens with zero attached hydrogens (tertiary/aromatic N) is 1. The summed E-state index contributed by atoms with van der Waals surface area (Å²) in [5.74, 6) is 0.807. The van der Waals surface area contributed by atoms with Crippen LogP contribution in [-0.4, -0.2) is 36.8 Å². The monoisotopic (exact) mass is 277 g/mol. The van der Waals surface area contributed by atoms with Crippen LogP contribution in [-0.2, 0) is 5.60 Å². The van der Waals surface area contributed by atoms with Crippen molar-refractivity contribution in [3.8, 4) is 5.75 Å². The first-order valence-electron chi connectivity index (χ1n) is 7.69. The molecule has 1 unspecified atom stereocenters. The van der Waals surface area contributed by atoms with Gasteiger partial charge in [0.25, 0.3) is 0 Å². The fourth-order valence-corrected chi connectivity index (χ4v) is 3.17. The molecule has 1 fully saturated rings. The summed E-state index contributed by atoms with van der Waals surface area (Å²) in [6.07, 6.45) is 3.81. The molecule has 1 aliphatic heterocycles. The van der Waals surface area contributed by atoms with Crippen molar-refractivity contribution in [2.24, 2.45) is 0 Å². The lowest BCUT2D eigenvalue weighted by Gasteiger charge is -2.29. The average molecular weight is 277 g/mol. The fraction of sp³-hybridized carbons (Fsp3) is 0.647. The number of rotatable bonds is 4. The van der Waals surface area contributed by atoms with Gasteiger partial charge in [0.05, 0.1) is 12.7 Å². The van der Waals surface area contributed by atoms with Crippen LogP contribution >= 0.6 is 0 Å². The van der Waals surface area contributed by atoms with Crippen LogP contribution < -0.4 is 4.74 Å². The molecule has 1 aliphatic rings. The van der Waals surface area contributed by atoms with E-state index in [-0.39, 0.29) is 0 Å². The molecule has 1 aromatic carbocycles. The zero-order valence-corrected chi connectivity index (χ0v) is 13.0. The van der Waals surface area contributed by atoms with E-state index in [2.05, 4.69) is 24.8 Å². The molecule has 1 atom stereocenters. The van der Waals surface area contributed by atoms with Gasteiger partial charge < -0.3 is 14.7 Å². The Hall–Kier alpha value is -1.06. The normalized spacial score (nSPS) is 24.4. The van der Waals surface area contributed by atoms with Gasteiger partial charge in [-0.3, -0.25) is 0 Å². The van der Waals surface area contributed by atoms with Crippen molar-refractivity contribution in [2.75, 3.05) is 26.7 Å². The molecule has 0 amide bonds. The quantitative estimate of drug-likeness (QED) is 0.918. The van der Waals surface area contributed by atoms with E-state index in [1.807, 2.05) is 12.1 Å². The van der Waals surface area contributed by atoms with Crippen molar-refractivity contribution in [3.05, 3.63) is 29.3 Å². The van der Waals surface area contributed by atoms with Crippen molar-refractivity contribution in [1.82, 2.24) is 4.90 Å². The van der Waals surface area contributed by atoms with Gasteiger partial charge >= 0.3 is 0 Å². The molecule has 20 heavy (non-hydrogen) atoms. The summed E-state index contributed by atoms with van der Waals surface area (Å²) in [7, 11) is 1.68. The number of hydrogen-bond donors (Lipinski definition) is 1. The van der Waals surface area contributed by atoms with Crippen molar-refractivity contribution >= 4 is 0 Å². The first-order chi connectivity index (χ1) is 9.59. The second-order valence-electron chi connectivity index (χ2n) is 5.93. The van der Waals surface area contributed by atoms with Gasteiger partial charge in [-0.1, -0.05) is 18.6 Å². The highest BCUT2D eigenvalue weighted by Crippen LogP contribution is 2.38. The van der Waals surface area contributed by atoms with E-state index in [0.717, 1.165) is 50.2 Å². The second kappa shape index (κ2) is 6.59. The summed E-state index contributed by atoms with van der Waals surface area (Å²) in [6, 6.07) is 6.08. The van der Waals surface area contributed by atoms with E-state index in [4.69, 9.17) is 4.74 Å². The van der Waals surface area contributed by atoms with Crippen LogP contribution in [0, 0.1) is 6.92 Å². The zero-order valence-electron chi connectivity index (χ0n) is 13.0. The Morgan fingerprint density at radius 1 is 1.30 bits per heavy atom. The summed E-state index contributed by atoms with van der Waals surface area (Å²) in [6.45, 7) is 7.44. The zero-order chi connectivity index (χ0) is 14.6. The number of aryl methyl sites for hydroxylation is 1. The molecule has 0 aliphatic carbocycles. The molecule has 3 nitrogen and oxygen atoms in total. The highest BCUT2D eigenvalue weighted by atomic mass is 16.5. The minimum absolute atomic E-state index is 0.750. The molecule has 0 saturated carbocycles. The van der Waals surface area contributed by atoms with Gasteiger partial charge in [-0.15, -0.1) is 0 Å². The largest absolute Gasteiger partial charge is 0.496 e. The third kappa shape index (κ3) is 3.33. The maximum atomic E-state index is 11.1. The first-order valence-corrected chi connectivity index (χ1v) is 7.69. The number of likely N-dealkylation sites (tertiary alicyclic amines) is 1. The third-order valence-corrected chi connectivity index (χ3v) is 4.30. The molecule has 1 aromatic rings. The van der Waals surface area contributed by atoms with Gasteiger partial charge in [-0.05, 0) is 57.8 Å². The lowest BCUT2D eigenvalue weighted by atomic mass is 9.85. The minimum Gasteiger partial charge on any atom is -0.496 e. The Morgan fingerprint density at radius 3 is 2.80 bits per heavy atom. The molecule has 3 heteroatoms. The van der Waals surface area contributed by atoms with Crippen molar-refractivity contribution in [1.29, 1.82) is 0 Å². The van der Waals surface area contributed by atoms with Crippen LogP contribution in [0.4, 0.5) is 0 Å². The average Bonchev–Trinajstić information content (AvgIpc) is 2.63. The van der Waals surface area contributed by atoms with Crippen LogP contribution in [0.25, 0.3) is 0 Å². The van der Waals surface area contributed by atoms with Crippen molar-refractivity contribution in [2.45, 2.75) is 45.1 Å². The summed E-state index contributed by atoms with van der Waals surface area (Å²) < 4.78 is 5.46. The highest BCUT2D eigenvalue weighted by Gasteiger charge is 2.34. The summed E-state index contributed by atoms with van der Waals surface area (Å²) >= 11 is 0. The van der Waals surface area contributed by atoms with E-state index < -0.39 is 5.60 Å². The van der Waals surface area contributed by atoms with E-state index >= 15 is 0 Å². The Bertz CT molecular complexity index is 447. The Morgan fingerprint density at radius 2 is 2.10 bits per heavy atom. The number of ether oxygens (including phenoxy) is 1. The molecule has 112 valence electrons. The molecule has 1 N–H and O–H groups in total. The van der Waals surface area contributed by atoms with E-state index in [0.29, 0.717) is 0 Å². The van der Waals surface area contributed by atoms with Gasteiger partial charge in [-0.2, -0.15) is 0 Å². The van der Waals surface area contributed by atoms with Crippen LogP contribution in [0.1, 0.15) is 43.7 Å². The molecular formula is C17H27NO2. The van der Waals surface area contributed by atoms with E-state index in [1.54, 1.807) is 7.11 Å². The summed E-state index contributed by atoms with van der Waals surface area (Å²) in [4.78, 5) is 2.46. The second-order valence-corrected chi connectivity index (χ2v) is 5.93. The predicted octanol–water partition coefficient (Wildman–Crippen LogP) is 3.09. The van der Waals surface area contributed by atoms with Gasteiger partial charge in [0.1, 0.15) is 5.75 Å². The minimum atomic E-state index is -0.750. The van der Waals surface area contributed by atoms with Gasteiger partial charge in [-0.25, -0.2) is 0 Å². The molecular weight excluding hydrogens is 250 g/mol. The van der Waals surface area contributed by atoms with E-state index in [1.165, 1.54) is 12.0 Å². The number of benzene rings is 1. The number of aliphatic hydroxyl groups is 1. The first kappa shape index (κ1) is 15.3. The van der Waals surface area contributed by atoms with Gasteiger partial charge in [0.2, 0.25) is 0 Å². The lowest BCUT2D eigenvalue weighted by Crippen LogP contribution is -2.30. The molecule has 1 saturated heterocycles. The third-order valence-electron chi connectivity index (χ3n) is 4.30. The van der Waals surface area contributed by atoms with E-state index in [9.17, 15) is 5.11 Å². The maximum Gasteiger partial charge on any atom is 0.124 e. The summed E-state index contributed by atoms with van der Waals surface area (Å²) in [5, 5.41) is 11.1. The number of methoxy groups -OCH3 is 1. The smallest absolute Gasteiger partial charge is 0.124 e. The van der Waals surface area contributed by atoms with Crippen LogP contribution in [0.3, 0.4) is 0 Å². The van der Waals surface area contributed by atoms with Crippen molar-refractivity contribution < 1.29 is 9.84 Å². The SMILES string of the molecule is CCCN1CCCC(O)(c2cc(C)ccc2OC)CC1. The number of hydrogen-bond acceptors (Lipinski definition) is 3. The summed E-state index contributed by atoms with van der Waals surface area (Å²) in [5.41, 5.74) is 1.38. The van der Waals surface area contributed by atoms with Crippen molar-refractivity contribution in [3.63, 3.8) is 0 Å². The topological polar surface area (TPSA) is 32.7 Å².